The summed E-state index contributed by atoms with van der Waals surface area (Å²) >= 11 is 3.37. The van der Waals surface area contributed by atoms with E-state index in [-0.39, 0.29) is 5.54 Å². The van der Waals surface area contributed by atoms with Crippen molar-refractivity contribution in [3.63, 3.8) is 0 Å². The standard InChI is InChI=1S/C13H22N6S2/c1-9-10(2)21-11(15-9)8-20-12-16-17-18-19(12)7-6-14-13(3,4)5/h14H,6-8H2,1-5H3. The molecule has 0 aliphatic carbocycles. The first-order chi connectivity index (χ1) is 9.85. The smallest absolute Gasteiger partial charge is 0.209 e. The van der Waals surface area contributed by atoms with E-state index in [9.17, 15) is 0 Å². The van der Waals surface area contributed by atoms with E-state index < -0.39 is 0 Å². The minimum atomic E-state index is 0.108. The fourth-order valence-electron chi connectivity index (χ4n) is 1.70. The summed E-state index contributed by atoms with van der Waals surface area (Å²) in [5.41, 5.74) is 1.22. The van der Waals surface area contributed by atoms with E-state index in [4.69, 9.17) is 0 Å². The van der Waals surface area contributed by atoms with Crippen LogP contribution < -0.4 is 5.32 Å². The van der Waals surface area contributed by atoms with Crippen LogP contribution in [0.2, 0.25) is 0 Å². The average Bonchev–Trinajstić information content (AvgIpc) is 2.93. The lowest BCUT2D eigenvalue weighted by atomic mass is 10.1. The molecule has 0 spiro atoms. The van der Waals surface area contributed by atoms with E-state index in [1.54, 1.807) is 23.1 Å². The van der Waals surface area contributed by atoms with Gasteiger partial charge < -0.3 is 5.32 Å². The Morgan fingerprint density at radius 1 is 1.29 bits per heavy atom. The molecule has 2 aromatic heterocycles. The SMILES string of the molecule is Cc1nc(CSc2nnnn2CCNC(C)(C)C)sc1C. The van der Waals surface area contributed by atoms with Gasteiger partial charge in [-0.05, 0) is 45.0 Å². The fraction of sp³-hybridized carbons (Fsp3) is 0.692. The van der Waals surface area contributed by atoms with Crippen molar-refractivity contribution in [3.05, 3.63) is 15.6 Å². The molecule has 116 valence electrons. The van der Waals surface area contributed by atoms with Crippen LogP contribution in [0.4, 0.5) is 0 Å². The molecule has 0 saturated carbocycles. The molecule has 0 atom stereocenters. The van der Waals surface area contributed by atoms with Gasteiger partial charge in [0, 0.05) is 17.0 Å². The van der Waals surface area contributed by atoms with E-state index >= 15 is 0 Å². The zero-order valence-electron chi connectivity index (χ0n) is 13.2. The number of tetrazole rings is 1. The maximum Gasteiger partial charge on any atom is 0.209 e. The molecular weight excluding hydrogens is 304 g/mol. The van der Waals surface area contributed by atoms with Crippen LogP contribution in [0.15, 0.2) is 5.16 Å². The van der Waals surface area contributed by atoms with Crippen LogP contribution in [0.3, 0.4) is 0 Å². The van der Waals surface area contributed by atoms with Gasteiger partial charge in [-0.25, -0.2) is 9.67 Å². The Balaban J connectivity index is 1.88. The summed E-state index contributed by atoms with van der Waals surface area (Å²) in [7, 11) is 0. The fourth-order valence-corrected chi connectivity index (χ4v) is 3.53. The number of thiazole rings is 1. The molecule has 0 radical (unpaired) electrons. The van der Waals surface area contributed by atoms with Gasteiger partial charge in [-0.1, -0.05) is 11.8 Å². The molecule has 2 rings (SSSR count). The highest BCUT2D eigenvalue weighted by Gasteiger charge is 2.12. The zero-order chi connectivity index (χ0) is 15.5. The molecule has 0 aliphatic rings. The van der Waals surface area contributed by atoms with Crippen molar-refractivity contribution in [1.82, 2.24) is 30.5 Å². The predicted molar refractivity (Wildman–Crippen MR) is 86.7 cm³/mol. The maximum atomic E-state index is 4.54. The molecule has 0 unspecified atom stereocenters. The van der Waals surface area contributed by atoms with Gasteiger partial charge in [-0.3, -0.25) is 0 Å². The Bertz CT molecular complexity index is 564. The van der Waals surface area contributed by atoms with Crippen LogP contribution >= 0.6 is 23.1 Å². The highest BCUT2D eigenvalue weighted by Crippen LogP contribution is 2.24. The van der Waals surface area contributed by atoms with Crippen molar-refractivity contribution in [2.75, 3.05) is 6.54 Å². The molecule has 0 fully saturated rings. The van der Waals surface area contributed by atoms with Gasteiger partial charge >= 0.3 is 0 Å². The third-order valence-electron chi connectivity index (χ3n) is 2.88. The number of hydrogen-bond acceptors (Lipinski definition) is 7. The van der Waals surface area contributed by atoms with Gasteiger partial charge in [0.05, 0.1) is 18.0 Å². The second kappa shape index (κ2) is 6.85. The number of nitrogens with one attached hydrogen (secondary N) is 1. The molecule has 8 heteroatoms. The Labute approximate surface area is 133 Å². The third kappa shape index (κ3) is 5.05. The molecule has 0 bridgehead atoms. The van der Waals surface area contributed by atoms with Crippen molar-refractivity contribution < 1.29 is 0 Å². The van der Waals surface area contributed by atoms with E-state index in [1.165, 1.54) is 4.88 Å². The first-order valence-electron chi connectivity index (χ1n) is 6.92. The van der Waals surface area contributed by atoms with Crippen LogP contribution in [-0.4, -0.2) is 37.3 Å². The molecule has 0 aliphatic heterocycles. The first kappa shape index (κ1) is 16.4. The van der Waals surface area contributed by atoms with Crippen LogP contribution in [0.5, 0.6) is 0 Å². The third-order valence-corrected chi connectivity index (χ3v) is 5.10. The van der Waals surface area contributed by atoms with Gasteiger partial charge in [0.1, 0.15) is 5.01 Å². The Kier molecular flexibility index (Phi) is 5.34. The van der Waals surface area contributed by atoms with Gasteiger partial charge in [0.25, 0.3) is 0 Å². The minimum Gasteiger partial charge on any atom is -0.310 e. The van der Waals surface area contributed by atoms with E-state index in [2.05, 4.69) is 53.5 Å². The van der Waals surface area contributed by atoms with E-state index in [0.717, 1.165) is 34.7 Å². The van der Waals surface area contributed by atoms with Crippen molar-refractivity contribution in [2.24, 2.45) is 0 Å². The number of rotatable bonds is 6. The normalized spacial score (nSPS) is 12.0. The average molecular weight is 326 g/mol. The quantitative estimate of drug-likeness (QED) is 0.822. The van der Waals surface area contributed by atoms with Gasteiger partial charge in [-0.2, -0.15) is 0 Å². The summed E-state index contributed by atoms with van der Waals surface area (Å²) in [5, 5.41) is 17.3. The minimum absolute atomic E-state index is 0.108. The highest BCUT2D eigenvalue weighted by molar-refractivity contribution is 7.98. The number of aryl methyl sites for hydroxylation is 2. The summed E-state index contributed by atoms with van der Waals surface area (Å²) in [6.07, 6.45) is 0. The zero-order valence-corrected chi connectivity index (χ0v) is 14.8. The van der Waals surface area contributed by atoms with E-state index in [1.807, 2.05) is 11.6 Å². The molecule has 21 heavy (non-hydrogen) atoms. The molecule has 0 amide bonds. The molecule has 6 nitrogen and oxygen atoms in total. The van der Waals surface area contributed by atoms with Crippen molar-refractivity contribution in [2.45, 2.75) is 57.6 Å². The summed E-state index contributed by atoms with van der Waals surface area (Å²) in [5.74, 6) is 0.812. The monoisotopic (exact) mass is 326 g/mol. The van der Waals surface area contributed by atoms with Crippen LogP contribution in [0.25, 0.3) is 0 Å². The molecule has 1 N–H and O–H groups in total. The molecule has 0 aromatic carbocycles. The van der Waals surface area contributed by atoms with Crippen LogP contribution in [0, 0.1) is 13.8 Å². The lowest BCUT2D eigenvalue weighted by Gasteiger charge is -2.20. The lowest BCUT2D eigenvalue weighted by Crippen LogP contribution is -2.38. The number of thioether (sulfide) groups is 1. The summed E-state index contributed by atoms with van der Waals surface area (Å²) in [4.78, 5) is 5.82. The number of hydrogen-bond donors (Lipinski definition) is 1. The first-order valence-corrected chi connectivity index (χ1v) is 8.72. The molecule has 2 aromatic rings. The number of nitrogens with zero attached hydrogens (tertiary/aromatic N) is 5. The topological polar surface area (TPSA) is 68.5 Å². The largest absolute Gasteiger partial charge is 0.310 e. The highest BCUT2D eigenvalue weighted by atomic mass is 32.2. The summed E-state index contributed by atoms with van der Waals surface area (Å²) in [6, 6.07) is 0. The maximum absolute atomic E-state index is 4.54. The Morgan fingerprint density at radius 3 is 2.67 bits per heavy atom. The molecular formula is C13H22N6S2. The molecule has 2 heterocycles. The summed E-state index contributed by atoms with van der Waals surface area (Å²) < 4.78 is 1.84. The Morgan fingerprint density at radius 2 is 2.05 bits per heavy atom. The lowest BCUT2D eigenvalue weighted by molar-refractivity contribution is 0.396. The second-order valence-corrected chi connectivity index (χ2v) is 8.13. The van der Waals surface area contributed by atoms with Crippen molar-refractivity contribution in [1.29, 1.82) is 0 Å². The van der Waals surface area contributed by atoms with E-state index in [0.29, 0.717) is 0 Å². The van der Waals surface area contributed by atoms with Crippen molar-refractivity contribution in [3.8, 4) is 0 Å². The predicted octanol–water partition coefficient (Wildman–Crippen LogP) is 2.43. The van der Waals surface area contributed by atoms with Crippen LogP contribution in [-0.2, 0) is 12.3 Å². The second-order valence-electron chi connectivity index (χ2n) is 5.90. The van der Waals surface area contributed by atoms with Gasteiger partial charge in [0.15, 0.2) is 0 Å². The van der Waals surface area contributed by atoms with Crippen LogP contribution in [0.1, 0.15) is 36.3 Å². The van der Waals surface area contributed by atoms with Gasteiger partial charge in [-0.15, -0.1) is 16.4 Å². The Hall–Kier alpha value is -0.990. The molecule has 0 saturated heterocycles. The number of aromatic nitrogens is 5. The van der Waals surface area contributed by atoms with Crippen molar-refractivity contribution >= 4 is 23.1 Å². The van der Waals surface area contributed by atoms with Gasteiger partial charge in [0.2, 0.25) is 5.16 Å². The summed E-state index contributed by atoms with van der Waals surface area (Å²) in [6.45, 7) is 12.2.